The predicted molar refractivity (Wildman–Crippen MR) is 123 cm³/mol. The monoisotopic (exact) mass is 410 g/mol. The maximum Gasteiger partial charge on any atom is 0.0575 e. The lowest BCUT2D eigenvalue weighted by Gasteiger charge is -2.34. The second-order valence-corrected chi connectivity index (χ2v) is 7.93. The topological polar surface area (TPSA) is 56.3 Å². The van der Waals surface area contributed by atoms with Crippen LogP contribution in [0.2, 0.25) is 0 Å². The molecule has 6 heteroatoms. The van der Waals surface area contributed by atoms with Crippen LogP contribution in [0, 0.1) is 0 Å². The number of hydrogen-bond donors (Lipinski definition) is 2. The Labute approximate surface area is 182 Å². The molecule has 2 aromatic heterocycles. The Morgan fingerprint density at radius 1 is 0.700 bits per heavy atom. The summed E-state index contributed by atoms with van der Waals surface area (Å²) in [6, 6.07) is 13.4. The van der Waals surface area contributed by atoms with Crippen molar-refractivity contribution in [3.63, 3.8) is 0 Å². The second-order valence-electron chi connectivity index (χ2n) is 7.93. The highest BCUT2D eigenvalue weighted by molar-refractivity contribution is 5.10. The third-order valence-electron chi connectivity index (χ3n) is 6.02. The first-order valence-electron chi connectivity index (χ1n) is 11.5. The summed E-state index contributed by atoms with van der Waals surface area (Å²) < 4.78 is 0. The lowest BCUT2D eigenvalue weighted by atomic mass is 10.1. The van der Waals surface area contributed by atoms with Crippen LogP contribution in [0.1, 0.15) is 50.2 Å². The number of piperazine rings is 2. The molecule has 2 aliphatic rings. The maximum absolute atomic E-state index is 4.46. The smallest absolute Gasteiger partial charge is 0.0575 e. The summed E-state index contributed by atoms with van der Waals surface area (Å²) in [4.78, 5) is 14.0. The van der Waals surface area contributed by atoms with E-state index in [0.717, 1.165) is 65.2 Å². The largest absolute Gasteiger partial charge is 0.314 e. The highest BCUT2D eigenvalue weighted by Gasteiger charge is 2.21. The Balaban J connectivity index is 0.000000171. The van der Waals surface area contributed by atoms with Crippen LogP contribution in [0.15, 0.2) is 48.8 Å². The average molecular weight is 411 g/mol. The molecule has 4 heterocycles. The van der Waals surface area contributed by atoms with Gasteiger partial charge in [0.15, 0.2) is 0 Å². The van der Waals surface area contributed by atoms with E-state index in [0.29, 0.717) is 12.1 Å². The van der Waals surface area contributed by atoms with Crippen molar-refractivity contribution in [3.05, 3.63) is 60.2 Å². The first-order chi connectivity index (χ1) is 14.8. The number of nitrogens with one attached hydrogen (secondary N) is 2. The van der Waals surface area contributed by atoms with Crippen LogP contribution in [0.25, 0.3) is 0 Å². The van der Waals surface area contributed by atoms with E-state index in [4.69, 9.17) is 0 Å². The molecule has 0 spiro atoms. The van der Waals surface area contributed by atoms with Crippen molar-refractivity contribution in [1.29, 1.82) is 0 Å². The van der Waals surface area contributed by atoms with E-state index in [-0.39, 0.29) is 0 Å². The van der Waals surface area contributed by atoms with Crippen LogP contribution in [0.3, 0.4) is 0 Å². The van der Waals surface area contributed by atoms with Crippen molar-refractivity contribution < 1.29 is 0 Å². The summed E-state index contributed by atoms with van der Waals surface area (Å²) >= 11 is 0. The molecule has 2 atom stereocenters. The third kappa shape index (κ3) is 6.57. The Morgan fingerprint density at radius 3 is 1.40 bits per heavy atom. The van der Waals surface area contributed by atoms with Gasteiger partial charge in [0.1, 0.15) is 0 Å². The van der Waals surface area contributed by atoms with E-state index in [9.17, 15) is 0 Å². The summed E-state index contributed by atoms with van der Waals surface area (Å²) in [5.74, 6) is 0. The molecular weight excluding hydrogens is 372 g/mol. The van der Waals surface area contributed by atoms with E-state index < -0.39 is 0 Å². The van der Waals surface area contributed by atoms with Gasteiger partial charge in [-0.25, -0.2) is 0 Å². The molecule has 0 bridgehead atoms. The van der Waals surface area contributed by atoms with E-state index in [1.807, 2.05) is 24.5 Å². The normalized spacial score (nSPS) is 20.1. The highest BCUT2D eigenvalue weighted by Crippen LogP contribution is 2.23. The summed E-state index contributed by atoms with van der Waals surface area (Å²) in [5.41, 5.74) is 2.42. The molecule has 2 saturated heterocycles. The Kier molecular flexibility index (Phi) is 9.70. The van der Waals surface area contributed by atoms with Gasteiger partial charge in [-0.2, -0.15) is 0 Å². The van der Waals surface area contributed by atoms with Gasteiger partial charge in [-0.05, 0) is 37.1 Å². The zero-order valence-electron chi connectivity index (χ0n) is 18.6. The minimum atomic E-state index is 0.494. The molecule has 0 unspecified atom stereocenters. The van der Waals surface area contributed by atoms with Gasteiger partial charge in [0, 0.05) is 64.8 Å². The molecule has 4 rings (SSSR count). The maximum atomic E-state index is 4.46. The van der Waals surface area contributed by atoms with Gasteiger partial charge in [-0.1, -0.05) is 26.0 Å². The SMILES string of the molecule is CC[C@@H](c1ccccn1)N1CCNCC1.CC[C@H](c1ccccn1)N1CCNCC1. The number of hydrogen-bond acceptors (Lipinski definition) is 6. The molecule has 164 valence electrons. The zero-order valence-corrected chi connectivity index (χ0v) is 18.6. The van der Waals surface area contributed by atoms with E-state index in [1.165, 1.54) is 11.4 Å². The Hall–Kier alpha value is -1.86. The minimum Gasteiger partial charge on any atom is -0.314 e. The van der Waals surface area contributed by atoms with Gasteiger partial charge < -0.3 is 10.6 Å². The number of pyridine rings is 2. The molecule has 2 fully saturated rings. The molecule has 0 radical (unpaired) electrons. The number of nitrogens with zero attached hydrogens (tertiary/aromatic N) is 4. The van der Waals surface area contributed by atoms with Crippen LogP contribution in [0.4, 0.5) is 0 Å². The van der Waals surface area contributed by atoms with Crippen molar-refractivity contribution in [2.45, 2.75) is 38.8 Å². The fourth-order valence-electron chi connectivity index (χ4n) is 4.44. The molecule has 0 saturated carbocycles. The fourth-order valence-corrected chi connectivity index (χ4v) is 4.44. The summed E-state index contributed by atoms with van der Waals surface area (Å²) in [6.45, 7) is 13.4. The number of aromatic nitrogens is 2. The quantitative estimate of drug-likeness (QED) is 0.764. The fraction of sp³-hybridized carbons (Fsp3) is 0.583. The van der Waals surface area contributed by atoms with Gasteiger partial charge in [0.2, 0.25) is 0 Å². The van der Waals surface area contributed by atoms with Gasteiger partial charge in [-0.3, -0.25) is 19.8 Å². The van der Waals surface area contributed by atoms with Crippen molar-refractivity contribution in [2.24, 2.45) is 0 Å². The van der Waals surface area contributed by atoms with Gasteiger partial charge >= 0.3 is 0 Å². The van der Waals surface area contributed by atoms with E-state index in [2.05, 4.69) is 68.5 Å². The third-order valence-corrected chi connectivity index (χ3v) is 6.02. The first-order valence-corrected chi connectivity index (χ1v) is 11.5. The summed E-state index contributed by atoms with van der Waals surface area (Å²) in [5, 5.41) is 6.77. The second kappa shape index (κ2) is 12.7. The van der Waals surface area contributed by atoms with Crippen LogP contribution >= 0.6 is 0 Å². The van der Waals surface area contributed by atoms with Gasteiger partial charge in [-0.15, -0.1) is 0 Å². The summed E-state index contributed by atoms with van der Waals surface area (Å²) in [6.07, 6.45) is 6.05. The standard InChI is InChI=1S/2C12H19N3/c2*1-2-12(11-5-3-4-6-14-11)15-9-7-13-8-10-15/h2*3-6,12-13H,2,7-10H2,1H3/t2*12-/m10/s1. The first kappa shape index (κ1) is 22.8. The Bertz CT molecular complexity index is 622. The zero-order chi connectivity index (χ0) is 21.0. The molecule has 6 nitrogen and oxygen atoms in total. The van der Waals surface area contributed by atoms with Crippen LogP contribution in [-0.4, -0.2) is 72.1 Å². The molecule has 2 aliphatic heterocycles. The molecule has 0 aromatic carbocycles. The van der Waals surface area contributed by atoms with Crippen molar-refractivity contribution in [3.8, 4) is 0 Å². The van der Waals surface area contributed by atoms with E-state index in [1.54, 1.807) is 0 Å². The average Bonchev–Trinajstić information content (AvgIpc) is 2.83. The van der Waals surface area contributed by atoms with E-state index >= 15 is 0 Å². The molecule has 30 heavy (non-hydrogen) atoms. The van der Waals surface area contributed by atoms with Gasteiger partial charge in [0.25, 0.3) is 0 Å². The van der Waals surface area contributed by atoms with Crippen LogP contribution in [-0.2, 0) is 0 Å². The van der Waals surface area contributed by atoms with Crippen molar-refractivity contribution in [1.82, 2.24) is 30.4 Å². The predicted octanol–water partition coefficient (Wildman–Crippen LogP) is 2.88. The van der Waals surface area contributed by atoms with Gasteiger partial charge in [0.05, 0.1) is 23.5 Å². The lowest BCUT2D eigenvalue weighted by molar-refractivity contribution is 0.166. The summed E-state index contributed by atoms with van der Waals surface area (Å²) in [7, 11) is 0. The molecule has 2 N–H and O–H groups in total. The molecular formula is C24H38N6. The van der Waals surface area contributed by atoms with Crippen LogP contribution < -0.4 is 10.6 Å². The minimum absolute atomic E-state index is 0.494. The van der Waals surface area contributed by atoms with Crippen molar-refractivity contribution >= 4 is 0 Å². The number of rotatable bonds is 6. The highest BCUT2D eigenvalue weighted by atomic mass is 15.2. The molecule has 0 aliphatic carbocycles. The molecule has 2 aromatic rings. The lowest BCUT2D eigenvalue weighted by Crippen LogP contribution is -2.45. The molecule has 0 amide bonds. The van der Waals surface area contributed by atoms with Crippen LogP contribution in [0.5, 0.6) is 0 Å². The van der Waals surface area contributed by atoms with Crippen molar-refractivity contribution in [2.75, 3.05) is 52.4 Å². The Morgan fingerprint density at radius 2 is 1.10 bits per heavy atom.